The molecule has 1 aromatic heterocycles. The number of nitrogens with zero attached hydrogens (tertiary/aromatic N) is 4. The fourth-order valence-electron chi connectivity index (χ4n) is 6.29. The standard InChI is InChI=1S/C21H18F2N4O2.C10H8FN3O2.C10H11FN2O/c22-15-6-2-1-4-13(15)10-14-11-18(27-26-14)21(29)24-17-9-8-12-5-3-7-16(23)19(12)25-20(17)28;11-7-4-2-1-3-6(7)5-8-12-9(10(15)16)14-13-8;11-7-3-1-2-6-4-5-8(12)10(14)13-9(6)7/h1-7,17H,8-11H2,(H,24,29)(H,25,28);1-4H,5H2,(H,15,16)(H,12,13,14);1-3,8H,4-5,12H2,(H,13,14)/t17-;;8-/m0.0/s1. The van der Waals surface area contributed by atoms with E-state index in [4.69, 9.17) is 10.8 Å². The van der Waals surface area contributed by atoms with Crippen LogP contribution < -0.4 is 21.7 Å². The molecule has 0 saturated carbocycles. The number of carboxylic acids is 1. The minimum atomic E-state index is -1.21. The van der Waals surface area contributed by atoms with Crippen LogP contribution in [-0.2, 0) is 40.1 Å². The van der Waals surface area contributed by atoms with E-state index in [-0.39, 0.29) is 59.7 Å². The zero-order valence-electron chi connectivity index (χ0n) is 31.1. The Hall–Kier alpha value is -7.08. The third-order valence-electron chi connectivity index (χ3n) is 9.42. The molecule has 7 N–H and O–H groups in total. The first kappa shape index (κ1) is 41.6. The van der Waals surface area contributed by atoms with Crippen molar-refractivity contribution in [1.29, 1.82) is 0 Å². The highest BCUT2D eigenvalue weighted by molar-refractivity contribution is 6.43. The van der Waals surface area contributed by atoms with E-state index >= 15 is 0 Å². The number of aromatic carboxylic acids is 1. The molecule has 4 aromatic carbocycles. The summed E-state index contributed by atoms with van der Waals surface area (Å²) in [5.74, 6) is -4.10. The van der Waals surface area contributed by atoms with Crippen molar-refractivity contribution in [3.05, 3.63) is 142 Å². The van der Waals surface area contributed by atoms with Gasteiger partial charge in [-0.1, -0.05) is 60.7 Å². The van der Waals surface area contributed by atoms with Crippen LogP contribution in [0.2, 0.25) is 0 Å². The first-order valence-electron chi connectivity index (χ1n) is 18.3. The predicted octanol–water partition coefficient (Wildman–Crippen LogP) is 5.05. The number of aromatic nitrogens is 3. The van der Waals surface area contributed by atoms with Crippen LogP contribution in [0.3, 0.4) is 0 Å². The Balaban J connectivity index is 0.000000164. The SMILES string of the molecule is N[C@H]1CCc2cccc(F)c2NC1=O.O=C(N[C@H]1CCc2cccc(F)c2NC1=O)C1=NN=C(Cc2ccccc2F)C1.O=C(O)c1n[nH]c(Cc2ccccc2F)n1. The number of para-hydroxylation sites is 2. The van der Waals surface area contributed by atoms with Gasteiger partial charge in [0.1, 0.15) is 40.8 Å². The van der Waals surface area contributed by atoms with Gasteiger partial charge in [-0.05, 0) is 72.2 Å². The van der Waals surface area contributed by atoms with E-state index in [9.17, 15) is 36.7 Å². The first-order chi connectivity index (χ1) is 28.4. The Labute approximate surface area is 334 Å². The summed E-state index contributed by atoms with van der Waals surface area (Å²) in [6, 6.07) is 20.6. The van der Waals surface area contributed by atoms with Gasteiger partial charge >= 0.3 is 5.97 Å². The number of aromatic amines is 1. The molecule has 14 nitrogen and oxygen atoms in total. The van der Waals surface area contributed by atoms with Crippen molar-refractivity contribution in [1.82, 2.24) is 20.5 Å². The number of hydrogen-bond acceptors (Lipinski definition) is 9. The Morgan fingerprint density at radius 2 is 1.29 bits per heavy atom. The molecular formula is C41H37F4N9O5. The highest BCUT2D eigenvalue weighted by Gasteiger charge is 2.29. The monoisotopic (exact) mass is 811 g/mol. The summed E-state index contributed by atoms with van der Waals surface area (Å²) in [5.41, 5.74) is 9.16. The lowest BCUT2D eigenvalue weighted by molar-refractivity contribution is -0.123. The smallest absolute Gasteiger partial charge is 0.375 e. The molecule has 3 aliphatic rings. The number of anilines is 2. The minimum Gasteiger partial charge on any atom is -0.475 e. The molecule has 8 rings (SSSR count). The van der Waals surface area contributed by atoms with Crippen molar-refractivity contribution < 1.29 is 41.8 Å². The number of carbonyl (C=O) groups excluding carboxylic acids is 3. The number of amides is 3. The molecule has 2 atom stereocenters. The van der Waals surface area contributed by atoms with Crippen molar-refractivity contribution in [2.24, 2.45) is 15.9 Å². The van der Waals surface area contributed by atoms with E-state index < -0.39 is 41.5 Å². The molecule has 304 valence electrons. The number of nitrogens with one attached hydrogen (secondary N) is 4. The number of benzene rings is 4. The zero-order chi connectivity index (χ0) is 42.1. The second kappa shape index (κ2) is 18.9. The lowest BCUT2D eigenvalue weighted by atomic mass is 10.0. The van der Waals surface area contributed by atoms with Gasteiger partial charge in [0.2, 0.25) is 11.8 Å². The third-order valence-corrected chi connectivity index (χ3v) is 9.42. The number of rotatable bonds is 7. The summed E-state index contributed by atoms with van der Waals surface area (Å²) < 4.78 is 54.3. The van der Waals surface area contributed by atoms with Crippen molar-refractivity contribution in [3.63, 3.8) is 0 Å². The van der Waals surface area contributed by atoms with Crippen molar-refractivity contribution in [2.45, 2.75) is 57.0 Å². The predicted molar refractivity (Wildman–Crippen MR) is 209 cm³/mol. The maximum atomic E-state index is 13.9. The molecule has 3 aliphatic heterocycles. The normalized spacial score (nSPS) is 16.8. The van der Waals surface area contributed by atoms with E-state index in [1.54, 1.807) is 60.7 Å². The van der Waals surface area contributed by atoms with Crippen LogP contribution in [0.1, 0.15) is 58.0 Å². The molecule has 0 aliphatic carbocycles. The van der Waals surface area contributed by atoms with Gasteiger partial charge in [0.05, 0.1) is 23.1 Å². The van der Waals surface area contributed by atoms with Crippen LogP contribution in [0.25, 0.3) is 0 Å². The highest BCUT2D eigenvalue weighted by atomic mass is 19.1. The van der Waals surface area contributed by atoms with Crippen LogP contribution in [-0.4, -0.2) is 67.5 Å². The quantitative estimate of drug-likeness (QED) is 0.122. The molecular weight excluding hydrogens is 775 g/mol. The Morgan fingerprint density at radius 1 is 0.729 bits per heavy atom. The van der Waals surface area contributed by atoms with Crippen molar-refractivity contribution in [2.75, 3.05) is 10.6 Å². The molecule has 0 bridgehead atoms. The average Bonchev–Trinajstić information content (AvgIpc) is 3.83. The first-order valence-corrected chi connectivity index (χ1v) is 18.3. The van der Waals surface area contributed by atoms with Gasteiger partial charge in [0, 0.05) is 19.3 Å². The molecule has 0 unspecified atom stereocenters. The van der Waals surface area contributed by atoms with Gasteiger partial charge < -0.3 is 26.8 Å². The zero-order valence-corrected chi connectivity index (χ0v) is 31.1. The lowest BCUT2D eigenvalue weighted by Gasteiger charge is -2.15. The van der Waals surface area contributed by atoms with Crippen molar-refractivity contribution >= 4 is 46.5 Å². The van der Waals surface area contributed by atoms with E-state index in [2.05, 4.69) is 41.3 Å². The van der Waals surface area contributed by atoms with Gasteiger partial charge in [-0.2, -0.15) is 5.10 Å². The van der Waals surface area contributed by atoms with Crippen LogP contribution in [0, 0.1) is 23.3 Å². The Bertz CT molecular complexity index is 2460. The maximum Gasteiger partial charge on any atom is 0.375 e. The Morgan fingerprint density at radius 3 is 1.88 bits per heavy atom. The number of halogens is 4. The summed E-state index contributed by atoms with van der Waals surface area (Å²) in [6.45, 7) is 0. The van der Waals surface area contributed by atoms with Crippen LogP contribution in [0.5, 0.6) is 0 Å². The molecule has 18 heteroatoms. The van der Waals surface area contributed by atoms with Crippen LogP contribution >= 0.6 is 0 Å². The molecule has 0 fully saturated rings. The van der Waals surface area contributed by atoms with E-state index in [1.807, 2.05) is 0 Å². The van der Waals surface area contributed by atoms with Gasteiger partial charge in [0.15, 0.2) is 0 Å². The number of nitrogens with two attached hydrogens (primary N) is 1. The number of carbonyl (C=O) groups is 4. The number of carboxylic acid groups (broad SMARTS) is 1. The summed E-state index contributed by atoms with van der Waals surface area (Å²) in [6.07, 6.45) is 2.60. The van der Waals surface area contributed by atoms with Crippen LogP contribution in [0.4, 0.5) is 28.9 Å². The summed E-state index contributed by atoms with van der Waals surface area (Å²) in [7, 11) is 0. The average molecular weight is 812 g/mol. The van der Waals surface area contributed by atoms with Gasteiger partial charge in [-0.25, -0.2) is 27.3 Å². The minimum absolute atomic E-state index is 0.156. The number of fused-ring (bicyclic) bond motifs is 2. The number of aryl methyl sites for hydroxylation is 2. The van der Waals surface area contributed by atoms with Gasteiger partial charge in [-0.15, -0.1) is 10.2 Å². The number of hydrogen-bond donors (Lipinski definition) is 6. The molecule has 0 spiro atoms. The fourth-order valence-corrected chi connectivity index (χ4v) is 6.29. The molecule has 59 heavy (non-hydrogen) atoms. The van der Waals surface area contributed by atoms with E-state index in [1.165, 1.54) is 24.3 Å². The summed E-state index contributed by atoms with van der Waals surface area (Å²) in [4.78, 5) is 50.5. The molecule has 4 heterocycles. The topological polar surface area (TPSA) is 217 Å². The summed E-state index contributed by atoms with van der Waals surface area (Å²) >= 11 is 0. The van der Waals surface area contributed by atoms with E-state index in [0.717, 1.165) is 5.56 Å². The second-order valence-electron chi connectivity index (χ2n) is 13.6. The highest BCUT2D eigenvalue weighted by Crippen LogP contribution is 2.26. The fraction of sp³-hybridized carbons (Fsp3) is 0.220. The molecule has 3 amide bonds. The number of H-pyrrole nitrogens is 1. The van der Waals surface area contributed by atoms with Gasteiger partial charge in [0.25, 0.3) is 11.7 Å². The molecule has 5 aromatic rings. The second-order valence-corrected chi connectivity index (χ2v) is 13.6. The summed E-state index contributed by atoms with van der Waals surface area (Å²) in [5, 5.41) is 30.1. The Kier molecular flexibility index (Phi) is 13.3. The molecule has 0 radical (unpaired) electrons. The molecule has 0 saturated heterocycles. The van der Waals surface area contributed by atoms with E-state index in [0.29, 0.717) is 53.9 Å². The van der Waals surface area contributed by atoms with Crippen LogP contribution in [0.15, 0.2) is 95.1 Å². The lowest BCUT2D eigenvalue weighted by Crippen LogP contribution is -2.45. The van der Waals surface area contributed by atoms with Crippen molar-refractivity contribution in [3.8, 4) is 0 Å². The maximum absolute atomic E-state index is 13.9. The largest absolute Gasteiger partial charge is 0.475 e. The third kappa shape index (κ3) is 10.7. The van der Waals surface area contributed by atoms with Gasteiger partial charge in [-0.3, -0.25) is 19.5 Å².